The first-order valence-electron chi connectivity index (χ1n) is 1.77. The van der Waals surface area contributed by atoms with Gasteiger partial charge >= 0.3 is 43.2 Å². The molecule has 0 N–H and O–H groups in total. The van der Waals surface area contributed by atoms with E-state index < -0.39 is 0 Å². The number of allylic oxidation sites excluding steroid dienone is 1. The van der Waals surface area contributed by atoms with E-state index in [-0.39, 0.29) is 16.7 Å². The van der Waals surface area contributed by atoms with Crippen LogP contribution in [0.2, 0.25) is 0 Å². The molecule has 0 spiro atoms. The molecule has 0 atom stereocenters. The molecular weight excluding hydrogens is 133 g/mol. The number of hydrogen-bond donors (Lipinski definition) is 0. The van der Waals surface area contributed by atoms with Gasteiger partial charge in [0.1, 0.15) is 0 Å². The fourth-order valence-corrected chi connectivity index (χ4v) is 1.32. The van der Waals surface area contributed by atoms with Crippen LogP contribution >= 0.6 is 0 Å². The summed E-state index contributed by atoms with van der Waals surface area (Å²) in [6.45, 7) is 0. The van der Waals surface area contributed by atoms with Gasteiger partial charge in [-0.05, 0) is 0 Å². The number of aldehydes is 1. The van der Waals surface area contributed by atoms with Crippen LogP contribution in [0.25, 0.3) is 0 Å². The third-order valence-corrected chi connectivity index (χ3v) is 3.02. The molecule has 1 nitrogen and oxygen atoms in total. The Bertz CT molecular complexity index is 123. The van der Waals surface area contributed by atoms with Crippen LogP contribution in [0.15, 0.2) is 10.1 Å². The van der Waals surface area contributed by atoms with Crippen molar-refractivity contribution < 1.29 is 4.79 Å². The van der Waals surface area contributed by atoms with Crippen LogP contribution in [0, 0.1) is 0 Å². The first kappa shape index (κ1) is 4.27. The molecule has 3 heteroatoms. The molecule has 0 amide bonds. The van der Waals surface area contributed by atoms with E-state index >= 15 is 0 Å². The molecule has 0 aromatic carbocycles. The second-order valence-corrected chi connectivity index (χ2v) is 4.05. The Hall–Kier alpha value is 0.111. The summed E-state index contributed by atoms with van der Waals surface area (Å²) in [5.41, 5.74) is 0. The molecular formula is C3H2BGaO. The van der Waals surface area contributed by atoms with Crippen molar-refractivity contribution in [1.82, 2.24) is 0 Å². The predicted molar refractivity (Wildman–Crippen MR) is 25.7 cm³/mol. The second-order valence-electron chi connectivity index (χ2n) is 1.14. The molecule has 0 radical (unpaired) electrons. The van der Waals surface area contributed by atoms with E-state index in [1.807, 2.05) is 5.98 Å². The second kappa shape index (κ2) is 1.71. The molecule has 0 aromatic heterocycles. The van der Waals surface area contributed by atoms with Crippen molar-refractivity contribution in [2.75, 3.05) is 0 Å². The molecule has 1 rings (SSSR count). The summed E-state index contributed by atoms with van der Waals surface area (Å²) in [4.78, 5) is 9.74. The quantitative estimate of drug-likeness (QED) is 0.345. The van der Waals surface area contributed by atoms with Gasteiger partial charge in [0.25, 0.3) is 0 Å². The van der Waals surface area contributed by atoms with Gasteiger partial charge in [0.2, 0.25) is 0 Å². The van der Waals surface area contributed by atoms with Crippen molar-refractivity contribution >= 4 is 28.3 Å². The minimum absolute atomic E-state index is 0.237. The maximum atomic E-state index is 9.74. The number of carbonyl (C=O) groups excluding carboxylic acids is 1. The fourth-order valence-electron chi connectivity index (χ4n) is 0.286. The van der Waals surface area contributed by atoms with E-state index in [9.17, 15) is 4.79 Å². The molecule has 0 unspecified atom stereocenters. The summed E-state index contributed by atoms with van der Waals surface area (Å²) < 4.78 is 1.07. The summed E-state index contributed by atoms with van der Waals surface area (Å²) in [5.74, 6) is 1.90. The Labute approximate surface area is 43.7 Å². The Morgan fingerprint density at radius 1 is 2.00 bits per heavy atom. The van der Waals surface area contributed by atoms with Crippen molar-refractivity contribution in [1.29, 1.82) is 0 Å². The summed E-state index contributed by atoms with van der Waals surface area (Å²) in [5, 5.41) is 2.12. The van der Waals surface area contributed by atoms with Gasteiger partial charge < -0.3 is 0 Å². The van der Waals surface area contributed by atoms with E-state index in [2.05, 4.69) is 5.30 Å². The van der Waals surface area contributed by atoms with Crippen molar-refractivity contribution in [3.63, 3.8) is 0 Å². The van der Waals surface area contributed by atoms with E-state index in [0.717, 1.165) is 10.4 Å². The van der Waals surface area contributed by atoms with E-state index in [0.29, 0.717) is 0 Å². The first-order chi connectivity index (χ1) is 2.93. The molecule has 6 heavy (non-hydrogen) atoms. The molecule has 0 saturated heterocycles. The van der Waals surface area contributed by atoms with Crippen LogP contribution in [0.4, 0.5) is 0 Å². The van der Waals surface area contributed by atoms with E-state index in [4.69, 9.17) is 0 Å². The summed E-state index contributed by atoms with van der Waals surface area (Å²) in [7, 11) is 0. The zero-order valence-electron chi connectivity index (χ0n) is 3.22. The first-order valence-corrected chi connectivity index (χ1v) is 4.38. The van der Waals surface area contributed by atoms with Crippen LogP contribution in [-0.4, -0.2) is 28.3 Å². The topological polar surface area (TPSA) is 17.1 Å². The van der Waals surface area contributed by atoms with Gasteiger partial charge in [0, 0.05) is 0 Å². The molecule has 26 valence electrons. The molecule has 0 aromatic rings. The molecule has 0 fully saturated rings. The third kappa shape index (κ3) is 0.605. The van der Waals surface area contributed by atoms with Crippen molar-refractivity contribution in [2.45, 2.75) is 0 Å². The van der Waals surface area contributed by atoms with Crippen molar-refractivity contribution in [2.24, 2.45) is 0 Å². The SMILES string of the molecule is O=C[C]1=C[B]=[Ga]1. The van der Waals surface area contributed by atoms with E-state index in [1.165, 1.54) is 0 Å². The van der Waals surface area contributed by atoms with E-state index in [1.54, 1.807) is 0 Å². The van der Waals surface area contributed by atoms with Crippen LogP contribution < -0.4 is 0 Å². The van der Waals surface area contributed by atoms with Gasteiger partial charge in [-0.3, -0.25) is 0 Å². The number of rotatable bonds is 1. The Balaban J connectivity index is 2.57. The normalized spacial score (nSPS) is 13.0. The van der Waals surface area contributed by atoms with Crippen molar-refractivity contribution in [3.05, 3.63) is 10.1 Å². The van der Waals surface area contributed by atoms with Gasteiger partial charge in [-0.1, -0.05) is 0 Å². The standard InChI is InChI=1S/C3H2BO.Ga/c4-2-1-3-5;/h2-3H;. The average molecular weight is 135 g/mol. The molecule has 0 saturated carbocycles. The Kier molecular flexibility index (Phi) is 1.22. The number of hydrogen-bond acceptors (Lipinski definition) is 1. The predicted octanol–water partition coefficient (Wildman–Crippen LogP) is -0.636. The molecule has 1 heterocycles. The van der Waals surface area contributed by atoms with Gasteiger partial charge in [-0.25, -0.2) is 0 Å². The molecule has 1 aliphatic heterocycles. The summed E-state index contributed by atoms with van der Waals surface area (Å²) in [6, 6.07) is 0. The van der Waals surface area contributed by atoms with Crippen LogP contribution in [-0.2, 0) is 4.79 Å². The average Bonchev–Trinajstić information content (AvgIpc) is 1.31. The van der Waals surface area contributed by atoms with Crippen molar-refractivity contribution in [3.8, 4) is 0 Å². The summed E-state index contributed by atoms with van der Waals surface area (Å²) >= 11 is -0.237. The van der Waals surface area contributed by atoms with Crippen LogP contribution in [0.1, 0.15) is 0 Å². The third-order valence-electron chi connectivity index (χ3n) is 0.713. The Morgan fingerprint density at radius 2 is 2.67 bits per heavy atom. The zero-order valence-corrected chi connectivity index (χ0v) is 5.64. The molecule has 1 aliphatic rings. The maximum absolute atomic E-state index is 9.74. The van der Waals surface area contributed by atoms with Crippen LogP contribution in [0.3, 0.4) is 0 Å². The minimum atomic E-state index is -0.237. The van der Waals surface area contributed by atoms with Crippen LogP contribution in [0.5, 0.6) is 0 Å². The summed E-state index contributed by atoms with van der Waals surface area (Å²) in [6.07, 6.45) is 0.958. The molecule has 0 bridgehead atoms. The Morgan fingerprint density at radius 3 is 2.67 bits per heavy atom. The van der Waals surface area contributed by atoms with Gasteiger partial charge in [0.15, 0.2) is 0 Å². The zero-order chi connectivity index (χ0) is 4.41. The van der Waals surface area contributed by atoms with Gasteiger partial charge in [-0.2, -0.15) is 0 Å². The van der Waals surface area contributed by atoms with Gasteiger partial charge in [0.05, 0.1) is 0 Å². The van der Waals surface area contributed by atoms with Gasteiger partial charge in [-0.15, -0.1) is 0 Å². The monoisotopic (exact) mass is 134 g/mol. The number of carbonyl (C=O) groups is 1. The molecule has 0 aliphatic carbocycles. The fraction of sp³-hybridized carbons (Fsp3) is 0.